The Labute approximate surface area is 136 Å². The van der Waals surface area contributed by atoms with Gasteiger partial charge in [0, 0.05) is 25.9 Å². The van der Waals surface area contributed by atoms with Gasteiger partial charge in [0.1, 0.15) is 5.75 Å². The van der Waals surface area contributed by atoms with Gasteiger partial charge >= 0.3 is 0 Å². The van der Waals surface area contributed by atoms with E-state index in [2.05, 4.69) is 12.1 Å². The molecule has 1 amide bonds. The van der Waals surface area contributed by atoms with Crippen LogP contribution in [0.1, 0.15) is 30.4 Å². The van der Waals surface area contributed by atoms with Crippen molar-refractivity contribution in [2.24, 2.45) is 0 Å². The zero-order chi connectivity index (χ0) is 15.7. The molecule has 5 nitrogen and oxygen atoms in total. The molecule has 0 aromatic heterocycles. The second-order valence-electron chi connectivity index (χ2n) is 6.56. The monoisotopic (exact) mass is 317 g/mol. The van der Waals surface area contributed by atoms with Gasteiger partial charge in [0.2, 0.25) is 0 Å². The number of benzene rings is 1. The Bertz CT molecular complexity index is 585. The third-order valence-electron chi connectivity index (χ3n) is 5.12. The molecule has 1 aromatic rings. The maximum absolute atomic E-state index is 12.3. The van der Waals surface area contributed by atoms with Gasteiger partial charge in [-0.2, -0.15) is 0 Å². The lowest BCUT2D eigenvalue weighted by molar-refractivity contribution is -0.187. The molecule has 1 aliphatic carbocycles. The predicted molar refractivity (Wildman–Crippen MR) is 84.4 cm³/mol. The van der Waals surface area contributed by atoms with Crippen LogP contribution in [0.3, 0.4) is 0 Å². The molecule has 1 spiro atoms. The summed E-state index contributed by atoms with van der Waals surface area (Å²) in [5.74, 6) is 0.408. The summed E-state index contributed by atoms with van der Waals surface area (Å²) in [6.07, 6.45) is 5.00. The molecule has 0 N–H and O–H groups in total. The smallest absolute Gasteiger partial charge is 0.260 e. The van der Waals surface area contributed by atoms with Crippen LogP contribution < -0.4 is 4.74 Å². The van der Waals surface area contributed by atoms with Crippen molar-refractivity contribution < 1.29 is 19.0 Å². The van der Waals surface area contributed by atoms with E-state index in [1.165, 1.54) is 17.5 Å². The summed E-state index contributed by atoms with van der Waals surface area (Å²) >= 11 is 0. The molecule has 2 heterocycles. The number of likely N-dealkylation sites (tertiary alicyclic amines) is 1. The van der Waals surface area contributed by atoms with Gasteiger partial charge in [-0.15, -0.1) is 0 Å². The highest BCUT2D eigenvalue weighted by molar-refractivity contribution is 5.77. The Hall–Kier alpha value is -1.59. The molecule has 0 atom stereocenters. The van der Waals surface area contributed by atoms with Crippen molar-refractivity contribution in [3.63, 3.8) is 0 Å². The van der Waals surface area contributed by atoms with E-state index >= 15 is 0 Å². The number of carbonyl (C=O) groups is 1. The number of rotatable bonds is 3. The van der Waals surface area contributed by atoms with Crippen molar-refractivity contribution in [2.75, 3.05) is 32.9 Å². The van der Waals surface area contributed by atoms with Crippen LogP contribution >= 0.6 is 0 Å². The largest absolute Gasteiger partial charge is 0.484 e. The summed E-state index contributed by atoms with van der Waals surface area (Å²) in [4.78, 5) is 14.2. The molecule has 2 fully saturated rings. The zero-order valence-electron chi connectivity index (χ0n) is 13.4. The van der Waals surface area contributed by atoms with Crippen molar-refractivity contribution in [2.45, 2.75) is 37.9 Å². The number of hydrogen-bond acceptors (Lipinski definition) is 4. The Balaban J connectivity index is 1.29. The quantitative estimate of drug-likeness (QED) is 0.854. The summed E-state index contributed by atoms with van der Waals surface area (Å²) in [6.45, 7) is 2.77. The van der Waals surface area contributed by atoms with Crippen molar-refractivity contribution in [1.82, 2.24) is 4.90 Å². The molecule has 124 valence electrons. The minimum Gasteiger partial charge on any atom is -0.484 e. The summed E-state index contributed by atoms with van der Waals surface area (Å²) in [6, 6.07) is 6.19. The third kappa shape index (κ3) is 3.08. The normalized spacial score (nSPS) is 22.3. The molecule has 0 radical (unpaired) electrons. The molecular formula is C18H23NO4. The van der Waals surface area contributed by atoms with E-state index in [1.54, 1.807) is 0 Å². The van der Waals surface area contributed by atoms with Crippen LogP contribution in [0, 0.1) is 0 Å². The van der Waals surface area contributed by atoms with Gasteiger partial charge in [0.25, 0.3) is 5.91 Å². The fourth-order valence-corrected chi connectivity index (χ4v) is 3.76. The van der Waals surface area contributed by atoms with E-state index < -0.39 is 5.79 Å². The Kier molecular flexibility index (Phi) is 3.99. The van der Waals surface area contributed by atoms with Crippen molar-refractivity contribution >= 4 is 5.91 Å². The van der Waals surface area contributed by atoms with Crippen molar-refractivity contribution in [3.05, 3.63) is 29.3 Å². The lowest BCUT2D eigenvalue weighted by Crippen LogP contribution is -2.48. The van der Waals surface area contributed by atoms with Crippen LogP contribution in [0.25, 0.3) is 0 Å². The number of hydrogen-bond donors (Lipinski definition) is 0. The molecule has 3 aliphatic rings. The zero-order valence-corrected chi connectivity index (χ0v) is 13.4. The van der Waals surface area contributed by atoms with E-state index in [0.29, 0.717) is 26.3 Å². The lowest BCUT2D eigenvalue weighted by atomic mass is 10.0. The van der Waals surface area contributed by atoms with E-state index in [1.807, 2.05) is 11.0 Å². The Morgan fingerprint density at radius 2 is 1.87 bits per heavy atom. The molecule has 0 saturated carbocycles. The molecule has 2 saturated heterocycles. The van der Waals surface area contributed by atoms with Crippen molar-refractivity contribution in [1.29, 1.82) is 0 Å². The first-order valence-electron chi connectivity index (χ1n) is 8.54. The fourth-order valence-electron chi connectivity index (χ4n) is 3.76. The second kappa shape index (κ2) is 6.13. The first-order chi connectivity index (χ1) is 11.2. The van der Waals surface area contributed by atoms with Crippen LogP contribution in [-0.4, -0.2) is 49.5 Å². The Morgan fingerprint density at radius 3 is 2.65 bits per heavy atom. The Morgan fingerprint density at radius 1 is 1.13 bits per heavy atom. The molecule has 0 bridgehead atoms. The molecule has 5 heteroatoms. The van der Waals surface area contributed by atoms with Crippen LogP contribution in [0.15, 0.2) is 18.2 Å². The minimum atomic E-state index is -0.433. The number of ether oxygens (including phenoxy) is 3. The molecule has 23 heavy (non-hydrogen) atoms. The first-order valence-corrected chi connectivity index (χ1v) is 8.54. The fraction of sp³-hybridized carbons (Fsp3) is 0.611. The highest BCUT2D eigenvalue weighted by Gasteiger charge is 2.40. The third-order valence-corrected chi connectivity index (χ3v) is 5.12. The summed E-state index contributed by atoms with van der Waals surface area (Å²) in [7, 11) is 0. The maximum Gasteiger partial charge on any atom is 0.260 e. The molecule has 4 rings (SSSR count). The van der Waals surface area contributed by atoms with Gasteiger partial charge in [-0.1, -0.05) is 6.07 Å². The summed E-state index contributed by atoms with van der Waals surface area (Å²) in [5, 5.41) is 0. The summed E-state index contributed by atoms with van der Waals surface area (Å²) in [5.41, 5.74) is 2.78. The van der Waals surface area contributed by atoms with Crippen molar-refractivity contribution in [3.8, 4) is 5.75 Å². The number of amides is 1. The number of aryl methyl sites for hydroxylation is 2. The second-order valence-corrected chi connectivity index (χ2v) is 6.56. The minimum absolute atomic E-state index is 0.0401. The standard InChI is InChI=1S/C18H23NO4/c20-17(19-8-6-18(7-9-19)22-10-11-23-18)13-21-16-5-4-14-2-1-3-15(14)12-16/h4-5,12H,1-3,6-11,13H2. The number of carbonyl (C=O) groups excluding carboxylic acids is 1. The predicted octanol–water partition coefficient (Wildman–Crippen LogP) is 1.92. The van der Waals surface area contributed by atoms with Gasteiger partial charge < -0.3 is 19.1 Å². The highest BCUT2D eigenvalue weighted by Crippen LogP contribution is 2.31. The molecular weight excluding hydrogens is 294 g/mol. The SMILES string of the molecule is O=C(COc1ccc2c(c1)CCC2)N1CCC2(CC1)OCCO2. The average Bonchev–Trinajstić information content (AvgIpc) is 3.22. The van der Waals surface area contributed by atoms with Gasteiger partial charge in [0.05, 0.1) is 13.2 Å². The molecule has 2 aliphatic heterocycles. The molecule has 0 unspecified atom stereocenters. The summed E-state index contributed by atoms with van der Waals surface area (Å²) < 4.78 is 17.1. The first kappa shape index (κ1) is 15.0. The lowest BCUT2D eigenvalue weighted by Gasteiger charge is -2.37. The van der Waals surface area contributed by atoms with E-state index in [-0.39, 0.29) is 12.5 Å². The van der Waals surface area contributed by atoms with E-state index in [0.717, 1.165) is 31.4 Å². The number of nitrogens with zero attached hydrogens (tertiary/aromatic N) is 1. The topological polar surface area (TPSA) is 48.0 Å². The van der Waals surface area contributed by atoms with Crippen LogP contribution in [0.4, 0.5) is 0 Å². The van der Waals surface area contributed by atoms with Crippen LogP contribution in [0.2, 0.25) is 0 Å². The van der Waals surface area contributed by atoms with E-state index in [4.69, 9.17) is 14.2 Å². The maximum atomic E-state index is 12.3. The number of fused-ring (bicyclic) bond motifs is 1. The van der Waals surface area contributed by atoms with Gasteiger partial charge in [-0.3, -0.25) is 4.79 Å². The van der Waals surface area contributed by atoms with Gasteiger partial charge in [0.15, 0.2) is 12.4 Å². The van der Waals surface area contributed by atoms with Crippen LogP contribution in [-0.2, 0) is 27.1 Å². The average molecular weight is 317 g/mol. The molecule has 1 aromatic carbocycles. The highest BCUT2D eigenvalue weighted by atomic mass is 16.7. The van der Waals surface area contributed by atoms with Gasteiger partial charge in [-0.25, -0.2) is 0 Å². The van der Waals surface area contributed by atoms with Gasteiger partial charge in [-0.05, 0) is 42.5 Å². The van der Waals surface area contributed by atoms with E-state index in [9.17, 15) is 4.79 Å². The number of piperidine rings is 1. The van der Waals surface area contributed by atoms with Crippen LogP contribution in [0.5, 0.6) is 5.75 Å².